The molecule has 0 atom stereocenters. The minimum absolute atomic E-state index is 0.207. The van der Waals surface area contributed by atoms with Gasteiger partial charge in [-0.1, -0.05) is 12.1 Å². The zero-order valence-corrected chi connectivity index (χ0v) is 10.7. The molecule has 0 saturated carbocycles. The summed E-state index contributed by atoms with van der Waals surface area (Å²) in [5, 5.41) is 0. The molecule has 0 bridgehead atoms. The molecule has 1 amide bonds. The maximum absolute atomic E-state index is 12.4. The van der Waals surface area contributed by atoms with Crippen LogP contribution in [0, 0.1) is 5.92 Å². The number of primary amides is 1. The predicted molar refractivity (Wildman–Crippen MR) is 67.3 cm³/mol. The first-order valence-corrected chi connectivity index (χ1v) is 6.26. The Hall–Kier alpha value is -1.92. The number of carbonyl (C=O) groups excluding carboxylic acids is 1. The van der Waals surface area contributed by atoms with Crippen molar-refractivity contribution in [1.29, 1.82) is 0 Å². The fraction of sp³-hybridized carbons (Fsp3) is 0.462. The highest BCUT2D eigenvalue weighted by atomic mass is 19.4. The highest BCUT2D eigenvalue weighted by Crippen LogP contribution is 2.34. The van der Waals surface area contributed by atoms with Gasteiger partial charge in [0, 0.05) is 19.0 Å². The van der Waals surface area contributed by atoms with Crippen LogP contribution in [-0.2, 0) is 4.79 Å². The van der Waals surface area contributed by atoms with E-state index in [9.17, 15) is 18.0 Å². The number of alkyl halides is 3. The third-order valence-corrected chi connectivity index (χ3v) is 3.33. The van der Waals surface area contributed by atoms with Crippen LogP contribution in [0.1, 0.15) is 12.8 Å². The first-order chi connectivity index (χ1) is 9.37. The molecule has 0 aromatic heterocycles. The van der Waals surface area contributed by atoms with Crippen LogP contribution in [0.3, 0.4) is 0 Å². The minimum atomic E-state index is -4.72. The van der Waals surface area contributed by atoms with Gasteiger partial charge in [-0.15, -0.1) is 13.2 Å². The molecule has 0 unspecified atom stereocenters. The molecule has 2 rings (SSSR count). The number of nitrogens with zero attached hydrogens (tertiary/aromatic N) is 1. The van der Waals surface area contributed by atoms with Gasteiger partial charge in [-0.25, -0.2) is 0 Å². The van der Waals surface area contributed by atoms with Crippen molar-refractivity contribution in [3.63, 3.8) is 0 Å². The van der Waals surface area contributed by atoms with Crippen molar-refractivity contribution < 1.29 is 22.7 Å². The van der Waals surface area contributed by atoms with E-state index in [2.05, 4.69) is 4.74 Å². The second kappa shape index (κ2) is 5.60. The topological polar surface area (TPSA) is 55.6 Å². The number of rotatable bonds is 3. The van der Waals surface area contributed by atoms with E-state index in [0.717, 1.165) is 0 Å². The van der Waals surface area contributed by atoms with E-state index >= 15 is 0 Å². The van der Waals surface area contributed by atoms with Crippen molar-refractivity contribution in [1.82, 2.24) is 0 Å². The molecule has 1 aliphatic rings. The maximum atomic E-state index is 12.4. The van der Waals surface area contributed by atoms with E-state index in [0.29, 0.717) is 31.6 Å². The van der Waals surface area contributed by atoms with Crippen LogP contribution >= 0.6 is 0 Å². The van der Waals surface area contributed by atoms with E-state index in [-0.39, 0.29) is 17.6 Å². The number of halogens is 3. The summed E-state index contributed by atoms with van der Waals surface area (Å²) in [5.41, 5.74) is 5.62. The van der Waals surface area contributed by atoms with E-state index in [1.165, 1.54) is 12.1 Å². The van der Waals surface area contributed by atoms with Crippen molar-refractivity contribution in [2.24, 2.45) is 11.7 Å². The fourth-order valence-corrected chi connectivity index (χ4v) is 2.33. The normalized spacial score (nSPS) is 17.1. The van der Waals surface area contributed by atoms with Gasteiger partial charge in [0.2, 0.25) is 5.91 Å². The van der Waals surface area contributed by atoms with Crippen molar-refractivity contribution >= 4 is 11.6 Å². The summed E-state index contributed by atoms with van der Waals surface area (Å²) in [6.07, 6.45) is -3.65. The lowest BCUT2D eigenvalue weighted by atomic mass is 9.96. The Morgan fingerprint density at radius 2 is 1.85 bits per heavy atom. The van der Waals surface area contributed by atoms with Crippen molar-refractivity contribution in [2.75, 3.05) is 18.0 Å². The molecule has 1 saturated heterocycles. The van der Waals surface area contributed by atoms with Gasteiger partial charge in [-0.2, -0.15) is 0 Å². The average molecular weight is 288 g/mol. The molecule has 1 heterocycles. The minimum Gasteiger partial charge on any atom is -0.404 e. The highest BCUT2D eigenvalue weighted by molar-refractivity contribution is 5.77. The second-order valence-corrected chi connectivity index (χ2v) is 4.68. The van der Waals surface area contributed by atoms with Crippen LogP contribution in [0.2, 0.25) is 0 Å². The lowest BCUT2D eigenvalue weighted by molar-refractivity contribution is -0.274. The summed E-state index contributed by atoms with van der Waals surface area (Å²) in [7, 11) is 0. The lowest BCUT2D eigenvalue weighted by Crippen LogP contribution is -2.38. The number of hydrogen-bond acceptors (Lipinski definition) is 3. The molecule has 1 aliphatic heterocycles. The van der Waals surface area contributed by atoms with Crippen LogP contribution < -0.4 is 15.4 Å². The number of amides is 1. The Balaban J connectivity index is 2.12. The number of anilines is 1. The molecule has 110 valence electrons. The summed E-state index contributed by atoms with van der Waals surface area (Å²) < 4.78 is 41.1. The van der Waals surface area contributed by atoms with Gasteiger partial charge in [0.05, 0.1) is 5.69 Å². The molecule has 0 aliphatic carbocycles. The first-order valence-electron chi connectivity index (χ1n) is 6.26. The Kier molecular flexibility index (Phi) is 4.06. The van der Waals surface area contributed by atoms with E-state index in [4.69, 9.17) is 5.73 Å². The smallest absolute Gasteiger partial charge is 0.404 e. The maximum Gasteiger partial charge on any atom is 0.573 e. The molecule has 7 heteroatoms. The molecule has 2 N–H and O–H groups in total. The van der Waals surface area contributed by atoms with Gasteiger partial charge in [-0.05, 0) is 25.0 Å². The molecular formula is C13H15F3N2O2. The van der Waals surface area contributed by atoms with Crippen molar-refractivity contribution in [3.8, 4) is 5.75 Å². The zero-order valence-electron chi connectivity index (χ0n) is 10.7. The van der Waals surface area contributed by atoms with Gasteiger partial charge in [-0.3, -0.25) is 4.79 Å². The fourth-order valence-electron chi connectivity index (χ4n) is 2.33. The molecular weight excluding hydrogens is 273 g/mol. The number of carbonyl (C=O) groups is 1. The second-order valence-electron chi connectivity index (χ2n) is 4.68. The molecule has 1 aromatic rings. The van der Waals surface area contributed by atoms with Crippen LogP contribution in [0.4, 0.5) is 18.9 Å². The average Bonchev–Trinajstić information content (AvgIpc) is 2.37. The summed E-state index contributed by atoms with van der Waals surface area (Å²) >= 11 is 0. The zero-order chi connectivity index (χ0) is 14.8. The highest BCUT2D eigenvalue weighted by Gasteiger charge is 2.33. The van der Waals surface area contributed by atoms with Crippen LogP contribution in [0.5, 0.6) is 5.75 Å². The van der Waals surface area contributed by atoms with E-state index < -0.39 is 6.36 Å². The Morgan fingerprint density at radius 1 is 1.25 bits per heavy atom. The number of ether oxygens (including phenoxy) is 1. The molecule has 1 aromatic carbocycles. The quantitative estimate of drug-likeness (QED) is 0.928. The van der Waals surface area contributed by atoms with Gasteiger partial charge in [0.25, 0.3) is 0 Å². The van der Waals surface area contributed by atoms with Gasteiger partial charge >= 0.3 is 6.36 Å². The SMILES string of the molecule is NC(=O)C1CCN(c2ccccc2OC(F)(F)F)CC1. The summed E-state index contributed by atoms with van der Waals surface area (Å²) in [5.74, 6) is -0.788. The number of hydrogen-bond donors (Lipinski definition) is 1. The molecule has 20 heavy (non-hydrogen) atoms. The number of benzene rings is 1. The summed E-state index contributed by atoms with van der Waals surface area (Å²) in [6.45, 7) is 0.956. The van der Waals surface area contributed by atoms with Gasteiger partial charge < -0.3 is 15.4 Å². The Bertz CT molecular complexity index is 483. The largest absolute Gasteiger partial charge is 0.573 e. The monoisotopic (exact) mass is 288 g/mol. The number of piperidine rings is 1. The van der Waals surface area contributed by atoms with Crippen molar-refractivity contribution in [2.45, 2.75) is 19.2 Å². The van der Waals surface area contributed by atoms with Crippen molar-refractivity contribution in [3.05, 3.63) is 24.3 Å². The molecule has 4 nitrogen and oxygen atoms in total. The molecule has 1 fully saturated rings. The first kappa shape index (κ1) is 14.5. The van der Waals surface area contributed by atoms with E-state index in [1.54, 1.807) is 17.0 Å². The number of para-hydroxylation sites is 2. The van der Waals surface area contributed by atoms with Crippen LogP contribution in [0.15, 0.2) is 24.3 Å². The number of nitrogens with two attached hydrogens (primary N) is 1. The standard InChI is InChI=1S/C13H15F3N2O2/c14-13(15,16)20-11-4-2-1-3-10(11)18-7-5-9(6-8-18)12(17)19/h1-4,9H,5-8H2,(H2,17,19). The summed E-state index contributed by atoms with van der Waals surface area (Å²) in [6, 6.07) is 5.99. The molecule has 0 spiro atoms. The molecule has 0 radical (unpaired) electrons. The lowest BCUT2D eigenvalue weighted by Gasteiger charge is -2.33. The van der Waals surface area contributed by atoms with E-state index in [1.807, 2.05) is 0 Å². The van der Waals surface area contributed by atoms with Crippen LogP contribution in [0.25, 0.3) is 0 Å². The van der Waals surface area contributed by atoms with Gasteiger partial charge in [0.15, 0.2) is 5.75 Å². The third kappa shape index (κ3) is 3.55. The Labute approximate surface area is 114 Å². The summed E-state index contributed by atoms with van der Waals surface area (Å²) in [4.78, 5) is 12.9. The third-order valence-electron chi connectivity index (χ3n) is 3.33. The van der Waals surface area contributed by atoms with Gasteiger partial charge in [0.1, 0.15) is 0 Å². The van der Waals surface area contributed by atoms with Crippen LogP contribution in [-0.4, -0.2) is 25.4 Å². The Morgan fingerprint density at radius 3 is 2.40 bits per heavy atom. The predicted octanol–water partition coefficient (Wildman–Crippen LogP) is 2.29.